The molecule has 132 valence electrons. The van der Waals surface area contributed by atoms with Gasteiger partial charge >= 0.3 is 0 Å². The number of nitrogens with zero attached hydrogens (tertiary/aromatic N) is 3. The molecule has 3 aromatic rings. The number of rotatable bonds is 2. The van der Waals surface area contributed by atoms with E-state index in [1.165, 1.54) is 0 Å². The van der Waals surface area contributed by atoms with Gasteiger partial charge in [-0.1, -0.05) is 35.9 Å². The summed E-state index contributed by atoms with van der Waals surface area (Å²) < 4.78 is 1.66. The number of hydrogen-bond acceptors (Lipinski definition) is 3. The van der Waals surface area contributed by atoms with Crippen molar-refractivity contribution in [1.29, 1.82) is 0 Å². The van der Waals surface area contributed by atoms with E-state index in [0.29, 0.717) is 34.6 Å². The van der Waals surface area contributed by atoms with Crippen LogP contribution < -0.4 is 5.56 Å². The molecule has 4 rings (SSSR count). The summed E-state index contributed by atoms with van der Waals surface area (Å²) in [6.07, 6.45) is 3.27. The molecule has 0 aliphatic carbocycles. The highest BCUT2D eigenvalue weighted by atomic mass is 35.5. The molecule has 26 heavy (non-hydrogen) atoms. The van der Waals surface area contributed by atoms with Gasteiger partial charge in [0.05, 0.1) is 33.9 Å². The SMILES string of the molecule is O=C(c1ccccc1Cl)N1CCCC(n2cnc3ccccc3c2=O)C1. The van der Waals surface area contributed by atoms with Crippen LogP contribution in [0.4, 0.5) is 0 Å². The lowest BCUT2D eigenvalue weighted by atomic mass is 10.0. The predicted octanol–water partition coefficient (Wildman–Crippen LogP) is 3.53. The van der Waals surface area contributed by atoms with Gasteiger partial charge in [-0.15, -0.1) is 0 Å². The van der Waals surface area contributed by atoms with E-state index in [1.54, 1.807) is 46.1 Å². The van der Waals surface area contributed by atoms with Crippen molar-refractivity contribution in [3.8, 4) is 0 Å². The summed E-state index contributed by atoms with van der Waals surface area (Å²) in [5.74, 6) is -0.0953. The summed E-state index contributed by atoms with van der Waals surface area (Å²) in [5.41, 5.74) is 1.13. The normalized spacial score (nSPS) is 17.4. The van der Waals surface area contributed by atoms with Crippen LogP contribution in [0.1, 0.15) is 29.2 Å². The van der Waals surface area contributed by atoms with E-state index in [-0.39, 0.29) is 17.5 Å². The van der Waals surface area contributed by atoms with Crippen LogP contribution in [0.3, 0.4) is 0 Å². The Balaban J connectivity index is 1.63. The molecule has 1 aliphatic heterocycles. The van der Waals surface area contributed by atoms with Crippen LogP contribution >= 0.6 is 11.6 Å². The minimum atomic E-state index is -0.0953. The Hall–Kier alpha value is -2.66. The first-order chi connectivity index (χ1) is 12.6. The van der Waals surface area contributed by atoms with Gasteiger partial charge in [0.15, 0.2) is 0 Å². The van der Waals surface area contributed by atoms with Gasteiger partial charge in [-0.2, -0.15) is 0 Å². The maximum atomic E-state index is 12.8. The van der Waals surface area contributed by atoms with Crippen molar-refractivity contribution in [1.82, 2.24) is 14.5 Å². The molecule has 1 fully saturated rings. The molecule has 0 bridgehead atoms. The first-order valence-electron chi connectivity index (χ1n) is 8.65. The second-order valence-corrected chi connectivity index (χ2v) is 6.91. The van der Waals surface area contributed by atoms with Gasteiger partial charge in [0.25, 0.3) is 11.5 Å². The van der Waals surface area contributed by atoms with Crippen LogP contribution in [0.5, 0.6) is 0 Å². The summed E-state index contributed by atoms with van der Waals surface area (Å²) in [6, 6.07) is 14.3. The predicted molar refractivity (Wildman–Crippen MR) is 102 cm³/mol. The molecule has 1 atom stereocenters. The lowest BCUT2D eigenvalue weighted by Gasteiger charge is -2.33. The number of fused-ring (bicyclic) bond motifs is 1. The lowest BCUT2D eigenvalue weighted by molar-refractivity contribution is 0.0677. The molecule has 0 spiro atoms. The van der Waals surface area contributed by atoms with Crippen molar-refractivity contribution < 1.29 is 4.79 Å². The van der Waals surface area contributed by atoms with Crippen molar-refractivity contribution >= 4 is 28.4 Å². The zero-order valence-electron chi connectivity index (χ0n) is 14.1. The maximum absolute atomic E-state index is 12.8. The van der Waals surface area contributed by atoms with Gasteiger partial charge in [0, 0.05) is 13.1 Å². The van der Waals surface area contributed by atoms with E-state index in [1.807, 2.05) is 18.2 Å². The van der Waals surface area contributed by atoms with Gasteiger partial charge in [0.1, 0.15) is 0 Å². The smallest absolute Gasteiger partial charge is 0.261 e. The van der Waals surface area contributed by atoms with E-state index >= 15 is 0 Å². The topological polar surface area (TPSA) is 55.2 Å². The number of aromatic nitrogens is 2. The third kappa shape index (κ3) is 2.99. The number of carbonyl (C=O) groups is 1. The quantitative estimate of drug-likeness (QED) is 0.696. The van der Waals surface area contributed by atoms with E-state index < -0.39 is 0 Å². The average molecular weight is 368 g/mol. The molecule has 1 aromatic heterocycles. The average Bonchev–Trinajstić information content (AvgIpc) is 2.68. The van der Waals surface area contributed by atoms with Gasteiger partial charge in [-0.05, 0) is 37.1 Å². The molecule has 6 heteroatoms. The summed E-state index contributed by atoms with van der Waals surface area (Å²) in [6.45, 7) is 1.14. The van der Waals surface area contributed by atoms with Crippen LogP contribution in [0.2, 0.25) is 5.02 Å². The Bertz CT molecular complexity index is 1030. The van der Waals surface area contributed by atoms with Crippen LogP contribution in [-0.2, 0) is 0 Å². The van der Waals surface area contributed by atoms with Crippen molar-refractivity contribution in [3.05, 3.63) is 75.8 Å². The van der Waals surface area contributed by atoms with Crippen LogP contribution in [0.15, 0.2) is 59.7 Å². The third-order valence-electron chi connectivity index (χ3n) is 4.87. The molecule has 0 saturated carbocycles. The van der Waals surface area contributed by atoms with Crippen molar-refractivity contribution in [2.24, 2.45) is 0 Å². The van der Waals surface area contributed by atoms with E-state index in [9.17, 15) is 9.59 Å². The monoisotopic (exact) mass is 367 g/mol. The number of benzene rings is 2. The summed E-state index contributed by atoms with van der Waals surface area (Å²) in [4.78, 5) is 31.8. The van der Waals surface area contributed by atoms with Gasteiger partial charge in [0.2, 0.25) is 0 Å². The maximum Gasteiger partial charge on any atom is 0.261 e. The molecule has 2 aromatic carbocycles. The van der Waals surface area contributed by atoms with Gasteiger partial charge in [-0.3, -0.25) is 14.2 Å². The number of para-hydroxylation sites is 1. The molecular formula is C20H18ClN3O2. The van der Waals surface area contributed by atoms with Crippen molar-refractivity contribution in [3.63, 3.8) is 0 Å². The number of hydrogen-bond donors (Lipinski definition) is 0. The third-order valence-corrected chi connectivity index (χ3v) is 5.20. The second kappa shape index (κ2) is 6.92. The Kier molecular flexibility index (Phi) is 4.47. The standard InChI is InChI=1S/C20H18ClN3O2/c21-17-9-3-1-7-15(17)19(25)23-11-5-6-14(12-23)24-13-22-18-10-4-2-8-16(18)20(24)26/h1-4,7-10,13-14H,5-6,11-12H2. The fraction of sp³-hybridized carbons (Fsp3) is 0.250. The summed E-state index contributed by atoms with van der Waals surface area (Å²) in [7, 11) is 0. The molecule has 1 saturated heterocycles. The molecule has 1 unspecified atom stereocenters. The number of likely N-dealkylation sites (tertiary alicyclic amines) is 1. The highest BCUT2D eigenvalue weighted by Gasteiger charge is 2.27. The molecule has 1 aliphatic rings. The summed E-state index contributed by atoms with van der Waals surface area (Å²) >= 11 is 6.17. The molecule has 5 nitrogen and oxygen atoms in total. The minimum Gasteiger partial charge on any atom is -0.337 e. The lowest BCUT2D eigenvalue weighted by Crippen LogP contribution is -2.43. The number of amides is 1. The second-order valence-electron chi connectivity index (χ2n) is 6.50. The van der Waals surface area contributed by atoms with Gasteiger partial charge < -0.3 is 4.90 Å². The van der Waals surface area contributed by atoms with Crippen LogP contribution in [-0.4, -0.2) is 33.4 Å². The number of piperidine rings is 1. The molecule has 0 N–H and O–H groups in total. The summed E-state index contributed by atoms with van der Waals surface area (Å²) in [5, 5.41) is 1.05. The Labute approximate surface area is 155 Å². The fourth-order valence-corrected chi connectivity index (χ4v) is 3.73. The highest BCUT2D eigenvalue weighted by molar-refractivity contribution is 6.33. The largest absolute Gasteiger partial charge is 0.337 e. The zero-order chi connectivity index (χ0) is 18.1. The van der Waals surface area contributed by atoms with E-state index in [0.717, 1.165) is 12.8 Å². The molecule has 1 amide bonds. The first kappa shape index (κ1) is 16.8. The zero-order valence-corrected chi connectivity index (χ0v) is 14.9. The molecular weight excluding hydrogens is 350 g/mol. The molecule has 0 radical (unpaired) electrons. The van der Waals surface area contributed by atoms with Crippen LogP contribution in [0.25, 0.3) is 10.9 Å². The number of carbonyl (C=O) groups excluding carboxylic acids is 1. The van der Waals surface area contributed by atoms with E-state index in [2.05, 4.69) is 4.98 Å². The van der Waals surface area contributed by atoms with E-state index in [4.69, 9.17) is 11.6 Å². The van der Waals surface area contributed by atoms with Gasteiger partial charge in [-0.25, -0.2) is 4.98 Å². The number of halogens is 1. The fourth-order valence-electron chi connectivity index (χ4n) is 3.51. The first-order valence-corrected chi connectivity index (χ1v) is 9.02. The Morgan fingerprint density at radius 3 is 2.73 bits per heavy atom. The Morgan fingerprint density at radius 1 is 1.12 bits per heavy atom. The minimum absolute atomic E-state index is 0.0624. The Morgan fingerprint density at radius 2 is 1.88 bits per heavy atom. The van der Waals surface area contributed by atoms with Crippen molar-refractivity contribution in [2.45, 2.75) is 18.9 Å². The van der Waals surface area contributed by atoms with Crippen LogP contribution in [0, 0.1) is 0 Å². The molecule has 2 heterocycles. The highest BCUT2D eigenvalue weighted by Crippen LogP contribution is 2.24. The van der Waals surface area contributed by atoms with Crippen molar-refractivity contribution in [2.75, 3.05) is 13.1 Å².